The van der Waals surface area contributed by atoms with Crippen molar-refractivity contribution in [1.29, 1.82) is 0 Å². The molecule has 2 aromatic rings. The van der Waals surface area contributed by atoms with Gasteiger partial charge in [-0.25, -0.2) is 13.6 Å². The topological polar surface area (TPSA) is 75.6 Å². The number of carboxylic acids is 1. The van der Waals surface area contributed by atoms with Crippen molar-refractivity contribution in [3.63, 3.8) is 0 Å². The molecular weight excluding hydrogens is 356 g/mol. The minimum atomic E-state index is -1.28. The standard InChI is InChI=1S/C17H14ClF2NO4/c1-25-15-5-2-9(6-11(15)18)7-14(17(23)24)21-16(22)10-3-4-12(19)13(20)8-10/h2-6,8,14H,7H2,1H3,(H,21,22)(H,23,24)/t14-/m0/s1. The largest absolute Gasteiger partial charge is 0.495 e. The molecule has 2 N–H and O–H groups in total. The van der Waals surface area contributed by atoms with Crippen LogP contribution in [0.5, 0.6) is 5.75 Å². The highest BCUT2D eigenvalue weighted by molar-refractivity contribution is 6.32. The van der Waals surface area contributed by atoms with E-state index >= 15 is 0 Å². The van der Waals surface area contributed by atoms with Crippen LogP contribution in [0.4, 0.5) is 8.78 Å². The van der Waals surface area contributed by atoms with Gasteiger partial charge in [0.25, 0.3) is 5.91 Å². The summed E-state index contributed by atoms with van der Waals surface area (Å²) >= 11 is 5.99. The highest BCUT2D eigenvalue weighted by Crippen LogP contribution is 2.25. The number of halogens is 3. The number of nitrogens with one attached hydrogen (secondary N) is 1. The van der Waals surface area contributed by atoms with Crippen molar-refractivity contribution in [3.8, 4) is 5.75 Å². The van der Waals surface area contributed by atoms with Crippen LogP contribution in [-0.4, -0.2) is 30.1 Å². The van der Waals surface area contributed by atoms with Crippen LogP contribution in [0, 0.1) is 11.6 Å². The Hall–Kier alpha value is -2.67. The number of hydrogen-bond donors (Lipinski definition) is 2. The summed E-state index contributed by atoms with van der Waals surface area (Å²) in [4.78, 5) is 23.5. The fraction of sp³-hybridized carbons (Fsp3) is 0.176. The average Bonchev–Trinajstić information content (AvgIpc) is 2.56. The SMILES string of the molecule is COc1ccc(C[C@H](NC(=O)c2ccc(F)c(F)c2)C(=O)O)cc1Cl. The van der Waals surface area contributed by atoms with Gasteiger partial charge in [0.2, 0.25) is 0 Å². The second kappa shape index (κ2) is 7.94. The molecule has 0 aromatic heterocycles. The predicted molar refractivity (Wildman–Crippen MR) is 87.0 cm³/mol. The smallest absolute Gasteiger partial charge is 0.326 e. The van der Waals surface area contributed by atoms with Gasteiger partial charge in [-0.3, -0.25) is 4.79 Å². The lowest BCUT2D eigenvalue weighted by Gasteiger charge is -2.15. The molecular formula is C17H14ClF2NO4. The number of benzene rings is 2. The maximum atomic E-state index is 13.2. The van der Waals surface area contributed by atoms with Gasteiger partial charge in [-0.1, -0.05) is 17.7 Å². The molecule has 0 saturated heterocycles. The molecule has 1 atom stereocenters. The third-order valence-electron chi connectivity index (χ3n) is 3.44. The first-order chi connectivity index (χ1) is 11.8. The Morgan fingerprint density at radius 2 is 1.92 bits per heavy atom. The summed E-state index contributed by atoms with van der Waals surface area (Å²) in [5, 5.41) is 11.9. The van der Waals surface area contributed by atoms with E-state index in [-0.39, 0.29) is 12.0 Å². The first kappa shape index (κ1) is 18.7. The molecule has 25 heavy (non-hydrogen) atoms. The molecule has 0 radical (unpaired) electrons. The maximum absolute atomic E-state index is 13.2. The molecule has 0 saturated carbocycles. The molecule has 0 aliphatic rings. The average molecular weight is 370 g/mol. The molecule has 1 amide bonds. The molecule has 0 aliphatic heterocycles. The highest BCUT2D eigenvalue weighted by Gasteiger charge is 2.22. The molecule has 0 unspecified atom stereocenters. The Balaban J connectivity index is 2.15. The third-order valence-corrected chi connectivity index (χ3v) is 3.74. The van der Waals surface area contributed by atoms with Crippen LogP contribution in [0.2, 0.25) is 5.02 Å². The van der Waals surface area contributed by atoms with Gasteiger partial charge in [0.05, 0.1) is 12.1 Å². The summed E-state index contributed by atoms with van der Waals surface area (Å²) in [6.07, 6.45) is -0.0472. The Bertz CT molecular complexity index is 813. The van der Waals surface area contributed by atoms with E-state index in [1.165, 1.54) is 13.2 Å². The molecule has 0 heterocycles. The normalized spacial score (nSPS) is 11.7. The van der Waals surface area contributed by atoms with E-state index in [0.29, 0.717) is 22.4 Å². The van der Waals surface area contributed by atoms with Crippen LogP contribution >= 0.6 is 11.6 Å². The fourth-order valence-electron chi connectivity index (χ4n) is 2.15. The van der Waals surface area contributed by atoms with Gasteiger partial charge in [0.1, 0.15) is 11.8 Å². The summed E-state index contributed by atoms with van der Waals surface area (Å²) in [7, 11) is 1.45. The van der Waals surface area contributed by atoms with Crippen molar-refractivity contribution in [2.45, 2.75) is 12.5 Å². The third kappa shape index (κ3) is 4.67. The zero-order valence-electron chi connectivity index (χ0n) is 13.1. The number of amides is 1. The minimum absolute atomic E-state index is 0.0472. The van der Waals surface area contributed by atoms with Crippen LogP contribution in [0.1, 0.15) is 15.9 Å². The molecule has 2 aromatic carbocycles. The minimum Gasteiger partial charge on any atom is -0.495 e. The van der Waals surface area contributed by atoms with E-state index in [0.717, 1.165) is 12.1 Å². The summed E-state index contributed by atoms with van der Waals surface area (Å²) in [6, 6.07) is 6.01. The van der Waals surface area contributed by atoms with Crippen LogP contribution in [0.25, 0.3) is 0 Å². The number of carbonyl (C=O) groups excluding carboxylic acids is 1. The number of carbonyl (C=O) groups is 2. The fourth-order valence-corrected chi connectivity index (χ4v) is 2.43. The molecule has 0 aliphatic carbocycles. The first-order valence-electron chi connectivity index (χ1n) is 7.13. The van der Waals surface area contributed by atoms with Crippen molar-refractivity contribution < 1.29 is 28.2 Å². The van der Waals surface area contributed by atoms with Gasteiger partial charge >= 0.3 is 5.97 Å². The van der Waals surface area contributed by atoms with E-state index in [4.69, 9.17) is 16.3 Å². The molecule has 0 bridgehead atoms. The van der Waals surface area contributed by atoms with Gasteiger partial charge in [0, 0.05) is 12.0 Å². The summed E-state index contributed by atoms with van der Waals surface area (Å²) in [5.74, 6) is -3.96. The second-order valence-corrected chi connectivity index (χ2v) is 5.57. The molecule has 5 nitrogen and oxygen atoms in total. The summed E-state index contributed by atoms with van der Waals surface area (Å²) in [6.45, 7) is 0. The second-order valence-electron chi connectivity index (χ2n) is 5.17. The number of methoxy groups -OCH3 is 1. The van der Waals surface area contributed by atoms with Crippen LogP contribution in [0.15, 0.2) is 36.4 Å². The van der Waals surface area contributed by atoms with E-state index < -0.39 is 29.6 Å². The number of hydrogen-bond acceptors (Lipinski definition) is 3. The molecule has 0 spiro atoms. The van der Waals surface area contributed by atoms with E-state index in [2.05, 4.69) is 5.32 Å². The van der Waals surface area contributed by atoms with Gasteiger partial charge in [-0.2, -0.15) is 0 Å². The number of rotatable bonds is 6. The highest BCUT2D eigenvalue weighted by atomic mass is 35.5. The number of ether oxygens (including phenoxy) is 1. The van der Waals surface area contributed by atoms with Crippen molar-refractivity contribution in [2.75, 3.05) is 7.11 Å². The summed E-state index contributed by atoms with van der Waals surface area (Å²) in [5.41, 5.74) is 0.377. The predicted octanol–water partition coefficient (Wildman–Crippen LogP) is 3.05. The first-order valence-corrected chi connectivity index (χ1v) is 7.50. The van der Waals surface area contributed by atoms with Crippen molar-refractivity contribution in [2.24, 2.45) is 0 Å². The Kier molecular flexibility index (Phi) is 5.93. The van der Waals surface area contributed by atoms with Crippen LogP contribution < -0.4 is 10.1 Å². The van der Waals surface area contributed by atoms with Gasteiger partial charge in [-0.15, -0.1) is 0 Å². The zero-order chi connectivity index (χ0) is 18.6. The Labute approximate surface area is 147 Å². The van der Waals surface area contributed by atoms with Gasteiger partial charge in [-0.05, 0) is 35.9 Å². The lowest BCUT2D eigenvalue weighted by Crippen LogP contribution is -2.42. The van der Waals surface area contributed by atoms with Crippen LogP contribution in [0.3, 0.4) is 0 Å². The van der Waals surface area contributed by atoms with E-state index in [1.807, 2.05) is 0 Å². The van der Waals surface area contributed by atoms with Crippen molar-refractivity contribution in [3.05, 3.63) is 64.2 Å². The quantitative estimate of drug-likeness (QED) is 0.820. The van der Waals surface area contributed by atoms with E-state index in [1.54, 1.807) is 12.1 Å². The zero-order valence-corrected chi connectivity index (χ0v) is 13.8. The molecule has 2 rings (SSSR count). The van der Waals surface area contributed by atoms with Crippen LogP contribution in [-0.2, 0) is 11.2 Å². The monoisotopic (exact) mass is 369 g/mol. The van der Waals surface area contributed by atoms with E-state index in [9.17, 15) is 23.5 Å². The van der Waals surface area contributed by atoms with Crippen molar-refractivity contribution >= 4 is 23.5 Å². The van der Waals surface area contributed by atoms with Gasteiger partial charge in [0.15, 0.2) is 11.6 Å². The number of aliphatic carboxylic acids is 1. The molecule has 0 fully saturated rings. The Morgan fingerprint density at radius 3 is 2.48 bits per heavy atom. The lowest BCUT2D eigenvalue weighted by atomic mass is 10.0. The number of carboxylic acid groups (broad SMARTS) is 1. The summed E-state index contributed by atoms with van der Waals surface area (Å²) < 4.78 is 31.1. The molecule has 8 heteroatoms. The van der Waals surface area contributed by atoms with Gasteiger partial charge < -0.3 is 15.2 Å². The van der Waals surface area contributed by atoms with Crippen molar-refractivity contribution in [1.82, 2.24) is 5.32 Å². The maximum Gasteiger partial charge on any atom is 0.326 e. The molecule has 132 valence electrons. The lowest BCUT2D eigenvalue weighted by molar-refractivity contribution is -0.139. The Morgan fingerprint density at radius 1 is 1.20 bits per heavy atom.